The van der Waals surface area contributed by atoms with Gasteiger partial charge in [-0.15, -0.1) is 0 Å². The van der Waals surface area contributed by atoms with Crippen LogP contribution in [0.25, 0.3) is 11.4 Å². The van der Waals surface area contributed by atoms with Crippen LogP contribution >= 0.6 is 0 Å². The van der Waals surface area contributed by atoms with Crippen molar-refractivity contribution in [2.45, 2.75) is 31.6 Å². The number of nitrogens with two attached hydrogens (primary N) is 1. The number of nitrogen functional groups attached to an aromatic ring is 1. The summed E-state index contributed by atoms with van der Waals surface area (Å²) < 4.78 is 25.4. The summed E-state index contributed by atoms with van der Waals surface area (Å²) in [4.78, 5) is 0. The largest absolute Gasteiger partial charge is 0.497 e. The van der Waals surface area contributed by atoms with Crippen molar-refractivity contribution in [3.8, 4) is 22.9 Å². The van der Waals surface area contributed by atoms with E-state index in [-0.39, 0.29) is 17.5 Å². The van der Waals surface area contributed by atoms with Gasteiger partial charge in [0.2, 0.25) is 0 Å². The smallest absolute Gasteiger partial charge is 0.168 e. The molecular formula is C19H22FN5O2. The van der Waals surface area contributed by atoms with Crippen molar-refractivity contribution in [1.29, 1.82) is 0 Å². The number of nitrogens with zero attached hydrogens (tertiary/aromatic N) is 2. The second-order valence-electron chi connectivity index (χ2n) is 6.76. The number of hydrogen-bond donors (Lipinski definition) is 3. The lowest BCUT2D eigenvalue weighted by Crippen LogP contribution is -2.07. The third-order valence-electron chi connectivity index (χ3n) is 5.22. The molecule has 0 spiro atoms. The molecule has 0 saturated heterocycles. The summed E-state index contributed by atoms with van der Waals surface area (Å²) in [6.07, 6.45) is 4.85. The van der Waals surface area contributed by atoms with E-state index < -0.39 is 0 Å². The van der Waals surface area contributed by atoms with Crippen LogP contribution in [0.4, 0.5) is 10.1 Å². The molecule has 27 heavy (non-hydrogen) atoms. The van der Waals surface area contributed by atoms with Crippen LogP contribution in [0, 0.1) is 5.82 Å². The molecule has 8 heteroatoms. The van der Waals surface area contributed by atoms with E-state index >= 15 is 0 Å². The maximum absolute atomic E-state index is 14.9. The van der Waals surface area contributed by atoms with Crippen LogP contribution in [0.1, 0.15) is 35.6 Å². The second kappa shape index (κ2) is 6.94. The summed E-state index contributed by atoms with van der Waals surface area (Å²) >= 11 is 0. The molecule has 0 amide bonds. The molecule has 3 aromatic rings. The summed E-state index contributed by atoms with van der Waals surface area (Å²) in [5, 5.41) is 14.5. The summed E-state index contributed by atoms with van der Waals surface area (Å²) in [6, 6.07) is 3.33. The number of benzene rings is 1. The minimum atomic E-state index is -0.329. The highest BCUT2D eigenvalue weighted by molar-refractivity contribution is 5.72. The van der Waals surface area contributed by atoms with Gasteiger partial charge in [-0.05, 0) is 43.2 Å². The standard InChI is InChI=1S/C19H22FN5O2/c1-26-11-7-13(17(20)16(8-11)27-2)10-4-3-5-12-15(6-10)23-25-18(12)19-14(21)9-22-24-19/h7-10H,3-6,21H2,1-2H3,(H,22,24)(H,23,25)/t10-/m0/s1. The summed E-state index contributed by atoms with van der Waals surface area (Å²) in [5.41, 5.74) is 10.8. The number of ether oxygens (including phenoxy) is 2. The van der Waals surface area contributed by atoms with Crippen LogP contribution in [0.2, 0.25) is 0 Å². The Balaban J connectivity index is 1.71. The Labute approximate surface area is 156 Å². The van der Waals surface area contributed by atoms with Gasteiger partial charge in [-0.3, -0.25) is 10.2 Å². The van der Waals surface area contributed by atoms with E-state index in [9.17, 15) is 4.39 Å². The molecule has 1 aromatic carbocycles. The second-order valence-corrected chi connectivity index (χ2v) is 6.76. The predicted molar refractivity (Wildman–Crippen MR) is 99.5 cm³/mol. The van der Waals surface area contributed by atoms with Crippen LogP contribution in [0.15, 0.2) is 18.3 Å². The van der Waals surface area contributed by atoms with Crippen molar-refractivity contribution in [2.24, 2.45) is 0 Å². The maximum Gasteiger partial charge on any atom is 0.168 e. The lowest BCUT2D eigenvalue weighted by molar-refractivity contribution is 0.368. The average Bonchev–Trinajstić information content (AvgIpc) is 3.20. The Morgan fingerprint density at radius 1 is 1.22 bits per heavy atom. The topological polar surface area (TPSA) is 102 Å². The molecule has 1 aliphatic carbocycles. The van der Waals surface area contributed by atoms with Crippen molar-refractivity contribution in [2.75, 3.05) is 20.0 Å². The fourth-order valence-electron chi connectivity index (χ4n) is 3.83. The minimum Gasteiger partial charge on any atom is -0.497 e. The first-order valence-electron chi connectivity index (χ1n) is 8.89. The Hall–Kier alpha value is -3.03. The quantitative estimate of drug-likeness (QED) is 0.611. The fraction of sp³-hybridized carbons (Fsp3) is 0.368. The van der Waals surface area contributed by atoms with Crippen LogP contribution < -0.4 is 15.2 Å². The van der Waals surface area contributed by atoms with E-state index in [4.69, 9.17) is 15.2 Å². The van der Waals surface area contributed by atoms with Crippen molar-refractivity contribution in [3.63, 3.8) is 0 Å². The van der Waals surface area contributed by atoms with Crippen molar-refractivity contribution in [1.82, 2.24) is 20.4 Å². The molecule has 142 valence electrons. The first-order chi connectivity index (χ1) is 13.1. The van der Waals surface area contributed by atoms with Gasteiger partial charge < -0.3 is 15.2 Å². The van der Waals surface area contributed by atoms with E-state index in [0.29, 0.717) is 23.4 Å². The Morgan fingerprint density at radius 2 is 2.07 bits per heavy atom. The molecule has 4 N–H and O–H groups in total. The van der Waals surface area contributed by atoms with E-state index in [1.807, 2.05) is 0 Å². The van der Waals surface area contributed by atoms with Gasteiger partial charge in [-0.1, -0.05) is 0 Å². The molecule has 2 heterocycles. The number of methoxy groups -OCH3 is 2. The molecule has 0 radical (unpaired) electrons. The molecule has 0 bridgehead atoms. The van der Waals surface area contributed by atoms with Crippen LogP contribution in [0.5, 0.6) is 11.5 Å². The van der Waals surface area contributed by atoms with Crippen molar-refractivity contribution < 1.29 is 13.9 Å². The first kappa shape index (κ1) is 17.4. The maximum atomic E-state index is 14.9. The van der Waals surface area contributed by atoms with E-state index in [1.54, 1.807) is 25.4 Å². The van der Waals surface area contributed by atoms with Gasteiger partial charge in [0.25, 0.3) is 0 Å². The number of rotatable bonds is 4. The minimum absolute atomic E-state index is 0.00247. The zero-order valence-corrected chi connectivity index (χ0v) is 15.3. The molecule has 0 unspecified atom stereocenters. The van der Waals surface area contributed by atoms with Crippen molar-refractivity contribution >= 4 is 5.69 Å². The Bertz CT molecular complexity index is 965. The molecular weight excluding hydrogens is 349 g/mol. The molecule has 1 aliphatic rings. The number of hydrogen-bond acceptors (Lipinski definition) is 5. The molecule has 2 aromatic heterocycles. The van der Waals surface area contributed by atoms with Crippen LogP contribution in [0.3, 0.4) is 0 Å². The van der Waals surface area contributed by atoms with Gasteiger partial charge in [0.15, 0.2) is 11.6 Å². The number of nitrogens with one attached hydrogen (secondary N) is 2. The van der Waals surface area contributed by atoms with Crippen LogP contribution in [-0.4, -0.2) is 34.6 Å². The van der Waals surface area contributed by atoms with E-state index in [1.165, 1.54) is 7.11 Å². The highest BCUT2D eigenvalue weighted by atomic mass is 19.1. The molecule has 0 fully saturated rings. The molecule has 4 rings (SSSR count). The number of anilines is 1. The molecule has 0 saturated carbocycles. The number of aromatic amines is 2. The van der Waals surface area contributed by atoms with E-state index in [0.717, 1.165) is 41.9 Å². The monoisotopic (exact) mass is 371 g/mol. The van der Waals surface area contributed by atoms with Gasteiger partial charge in [0.05, 0.1) is 26.1 Å². The molecule has 0 aliphatic heterocycles. The van der Waals surface area contributed by atoms with Crippen LogP contribution in [-0.2, 0) is 12.8 Å². The Kier molecular flexibility index (Phi) is 4.47. The van der Waals surface area contributed by atoms with Gasteiger partial charge in [-0.25, -0.2) is 4.39 Å². The van der Waals surface area contributed by atoms with Crippen molar-refractivity contribution in [3.05, 3.63) is 41.0 Å². The molecule has 1 atom stereocenters. The summed E-state index contributed by atoms with van der Waals surface area (Å²) in [7, 11) is 3.03. The normalized spacial score (nSPS) is 16.6. The summed E-state index contributed by atoms with van der Waals surface area (Å²) in [6.45, 7) is 0. The van der Waals surface area contributed by atoms with Gasteiger partial charge >= 0.3 is 0 Å². The number of aromatic nitrogens is 4. The number of fused-ring (bicyclic) bond motifs is 1. The average molecular weight is 371 g/mol. The third kappa shape index (κ3) is 3.01. The fourth-order valence-corrected chi connectivity index (χ4v) is 3.83. The van der Waals surface area contributed by atoms with Gasteiger partial charge in [-0.2, -0.15) is 10.2 Å². The highest BCUT2D eigenvalue weighted by Crippen LogP contribution is 2.39. The summed E-state index contributed by atoms with van der Waals surface area (Å²) in [5.74, 6) is 0.458. The zero-order valence-electron chi connectivity index (χ0n) is 15.3. The third-order valence-corrected chi connectivity index (χ3v) is 5.22. The molecule has 7 nitrogen and oxygen atoms in total. The van der Waals surface area contributed by atoms with Gasteiger partial charge in [0.1, 0.15) is 17.1 Å². The predicted octanol–water partition coefficient (Wildman–Crippen LogP) is 3.20. The lowest BCUT2D eigenvalue weighted by Gasteiger charge is -2.18. The lowest BCUT2D eigenvalue weighted by atomic mass is 9.90. The highest BCUT2D eigenvalue weighted by Gasteiger charge is 2.27. The SMILES string of the molecule is COc1cc(OC)c(F)c([C@H]2CCCc3c(-c4[nH]ncc4N)n[nH]c3C2)c1. The number of H-pyrrole nitrogens is 2. The Morgan fingerprint density at radius 3 is 2.78 bits per heavy atom. The zero-order chi connectivity index (χ0) is 19.0. The first-order valence-corrected chi connectivity index (χ1v) is 8.89. The van der Waals surface area contributed by atoms with E-state index in [2.05, 4.69) is 20.4 Å². The number of halogens is 1. The van der Waals surface area contributed by atoms with Gasteiger partial charge in [0, 0.05) is 17.3 Å².